The highest BCUT2D eigenvalue weighted by Gasteiger charge is 2.23. The van der Waals surface area contributed by atoms with Crippen molar-refractivity contribution >= 4 is 11.9 Å². The number of esters is 1. The van der Waals surface area contributed by atoms with Crippen molar-refractivity contribution in [3.05, 3.63) is 34.2 Å². The van der Waals surface area contributed by atoms with Crippen molar-refractivity contribution in [2.75, 3.05) is 13.2 Å². The molecule has 0 saturated heterocycles. The number of amides is 1. The van der Waals surface area contributed by atoms with Crippen LogP contribution in [0.15, 0.2) is 0 Å². The third-order valence-corrected chi connectivity index (χ3v) is 4.96. The molecule has 0 bridgehead atoms. The van der Waals surface area contributed by atoms with Crippen LogP contribution >= 0.6 is 0 Å². The van der Waals surface area contributed by atoms with Gasteiger partial charge in [0.05, 0.1) is 12.2 Å². The van der Waals surface area contributed by atoms with Gasteiger partial charge in [0.15, 0.2) is 0 Å². The average Bonchev–Trinajstić information content (AvgIpc) is 3.05. The van der Waals surface area contributed by atoms with Crippen LogP contribution in [0.3, 0.4) is 0 Å². The molecular formula is C19H27N5O3. The number of carbonyl (C=O) groups is 2. The zero-order valence-corrected chi connectivity index (χ0v) is 16.2. The van der Waals surface area contributed by atoms with Crippen molar-refractivity contribution in [1.82, 2.24) is 25.1 Å². The molecule has 0 saturated carbocycles. The van der Waals surface area contributed by atoms with E-state index < -0.39 is 5.97 Å². The molecular weight excluding hydrogens is 346 g/mol. The van der Waals surface area contributed by atoms with Crippen LogP contribution in [-0.4, -0.2) is 44.8 Å². The second-order valence-corrected chi connectivity index (χ2v) is 6.85. The first-order valence-corrected chi connectivity index (χ1v) is 9.58. The minimum absolute atomic E-state index is 0.234. The van der Waals surface area contributed by atoms with Crippen molar-refractivity contribution in [2.45, 2.75) is 59.4 Å². The predicted molar refractivity (Wildman–Crippen MR) is 99.8 cm³/mol. The summed E-state index contributed by atoms with van der Waals surface area (Å²) in [4.78, 5) is 27.6. The largest absolute Gasteiger partial charge is 0.462 e. The Morgan fingerprint density at radius 3 is 2.81 bits per heavy atom. The van der Waals surface area contributed by atoms with Gasteiger partial charge in [-0.05, 0) is 39.2 Å². The molecule has 8 nitrogen and oxygen atoms in total. The molecule has 3 heterocycles. The SMILES string of the molecule is CCOC(=O)c1c(C)[nH]c(C(=O)NCCc2nnc3n2CCCCC3)c1C. The summed E-state index contributed by atoms with van der Waals surface area (Å²) in [5.74, 6) is 1.32. The Morgan fingerprint density at radius 1 is 1.22 bits per heavy atom. The molecule has 0 aliphatic carbocycles. The number of rotatable bonds is 6. The first-order valence-electron chi connectivity index (χ1n) is 9.58. The number of nitrogens with one attached hydrogen (secondary N) is 2. The normalized spacial score (nSPS) is 13.7. The second kappa shape index (κ2) is 8.37. The fraction of sp³-hybridized carbons (Fsp3) is 0.579. The smallest absolute Gasteiger partial charge is 0.340 e. The van der Waals surface area contributed by atoms with Crippen molar-refractivity contribution in [1.29, 1.82) is 0 Å². The maximum atomic E-state index is 12.5. The van der Waals surface area contributed by atoms with Crippen LogP contribution in [0.4, 0.5) is 0 Å². The van der Waals surface area contributed by atoms with Crippen LogP contribution in [0.25, 0.3) is 0 Å². The maximum Gasteiger partial charge on any atom is 0.340 e. The van der Waals surface area contributed by atoms with Crippen LogP contribution in [0.5, 0.6) is 0 Å². The number of nitrogens with zero attached hydrogens (tertiary/aromatic N) is 3. The lowest BCUT2D eigenvalue weighted by Crippen LogP contribution is -2.27. The highest BCUT2D eigenvalue weighted by Crippen LogP contribution is 2.19. The monoisotopic (exact) mass is 373 g/mol. The highest BCUT2D eigenvalue weighted by molar-refractivity contribution is 6.00. The van der Waals surface area contributed by atoms with Gasteiger partial charge in [0.1, 0.15) is 17.3 Å². The number of ether oxygens (including phenoxy) is 1. The van der Waals surface area contributed by atoms with Crippen LogP contribution in [0, 0.1) is 13.8 Å². The Labute approximate surface area is 158 Å². The molecule has 3 rings (SSSR count). The molecule has 8 heteroatoms. The quantitative estimate of drug-likeness (QED) is 0.755. The topological polar surface area (TPSA) is 102 Å². The Morgan fingerprint density at radius 2 is 2.04 bits per heavy atom. The summed E-state index contributed by atoms with van der Waals surface area (Å²) in [6, 6.07) is 0. The fourth-order valence-corrected chi connectivity index (χ4v) is 3.59. The molecule has 2 aromatic heterocycles. The van der Waals surface area contributed by atoms with Gasteiger partial charge in [0, 0.05) is 31.6 Å². The van der Waals surface area contributed by atoms with E-state index in [1.54, 1.807) is 20.8 Å². The zero-order chi connectivity index (χ0) is 19.4. The lowest BCUT2D eigenvalue weighted by molar-refractivity contribution is 0.0525. The van der Waals surface area contributed by atoms with Gasteiger partial charge >= 0.3 is 5.97 Å². The summed E-state index contributed by atoms with van der Waals surface area (Å²) in [7, 11) is 0. The van der Waals surface area contributed by atoms with E-state index in [4.69, 9.17) is 4.74 Å². The lowest BCUT2D eigenvalue weighted by Gasteiger charge is -2.08. The van der Waals surface area contributed by atoms with E-state index in [1.165, 1.54) is 6.42 Å². The lowest BCUT2D eigenvalue weighted by atomic mass is 10.1. The van der Waals surface area contributed by atoms with E-state index in [0.29, 0.717) is 42.1 Å². The molecule has 1 aliphatic heterocycles. The molecule has 0 fully saturated rings. The van der Waals surface area contributed by atoms with Gasteiger partial charge in [0.2, 0.25) is 0 Å². The van der Waals surface area contributed by atoms with E-state index >= 15 is 0 Å². The van der Waals surface area contributed by atoms with Crippen molar-refractivity contribution < 1.29 is 14.3 Å². The van der Waals surface area contributed by atoms with E-state index in [9.17, 15) is 9.59 Å². The number of H-pyrrole nitrogens is 1. The highest BCUT2D eigenvalue weighted by atomic mass is 16.5. The van der Waals surface area contributed by atoms with Gasteiger partial charge in [-0.1, -0.05) is 6.42 Å². The molecule has 0 spiro atoms. The summed E-state index contributed by atoms with van der Waals surface area (Å²) >= 11 is 0. The number of hydrogen-bond donors (Lipinski definition) is 2. The molecule has 0 unspecified atom stereocenters. The molecule has 2 N–H and O–H groups in total. The number of fused-ring (bicyclic) bond motifs is 1. The number of aryl methyl sites for hydroxylation is 2. The van der Waals surface area contributed by atoms with Crippen LogP contribution in [0.1, 0.15) is 69.9 Å². The standard InChI is InChI=1S/C19H27N5O3/c1-4-27-19(26)16-12(2)17(21-13(16)3)18(25)20-10-9-15-23-22-14-8-6-5-7-11-24(14)15/h21H,4-11H2,1-3H3,(H,20,25). The maximum absolute atomic E-state index is 12.5. The molecule has 0 radical (unpaired) electrons. The Balaban J connectivity index is 1.63. The third kappa shape index (κ3) is 4.04. The molecule has 0 atom stereocenters. The molecule has 1 amide bonds. The Hall–Kier alpha value is -2.64. The summed E-state index contributed by atoms with van der Waals surface area (Å²) in [5.41, 5.74) is 2.08. The summed E-state index contributed by atoms with van der Waals surface area (Å²) < 4.78 is 7.25. The van der Waals surface area contributed by atoms with Gasteiger partial charge in [0.25, 0.3) is 5.91 Å². The summed E-state index contributed by atoms with van der Waals surface area (Å²) in [6.45, 7) is 6.98. The van der Waals surface area contributed by atoms with Gasteiger partial charge in [-0.2, -0.15) is 0 Å². The molecule has 0 aromatic carbocycles. The van der Waals surface area contributed by atoms with Gasteiger partial charge in [-0.3, -0.25) is 4.79 Å². The summed E-state index contributed by atoms with van der Waals surface area (Å²) in [5, 5.41) is 11.5. The van der Waals surface area contributed by atoms with Gasteiger partial charge in [-0.25, -0.2) is 4.79 Å². The first kappa shape index (κ1) is 19.1. The van der Waals surface area contributed by atoms with Crippen molar-refractivity contribution in [3.8, 4) is 0 Å². The number of hydrogen-bond acceptors (Lipinski definition) is 5. The summed E-state index contributed by atoms with van der Waals surface area (Å²) in [6.07, 6.45) is 5.11. The molecule has 27 heavy (non-hydrogen) atoms. The molecule has 146 valence electrons. The van der Waals surface area contributed by atoms with Crippen LogP contribution < -0.4 is 5.32 Å². The minimum atomic E-state index is -0.408. The second-order valence-electron chi connectivity index (χ2n) is 6.85. The molecule has 1 aliphatic rings. The van der Waals surface area contributed by atoms with Crippen molar-refractivity contribution in [3.63, 3.8) is 0 Å². The van der Waals surface area contributed by atoms with Crippen molar-refractivity contribution in [2.24, 2.45) is 0 Å². The van der Waals surface area contributed by atoms with Crippen LogP contribution in [-0.2, 0) is 24.1 Å². The third-order valence-electron chi connectivity index (χ3n) is 4.96. The zero-order valence-electron chi connectivity index (χ0n) is 16.2. The average molecular weight is 373 g/mol. The predicted octanol–water partition coefficient (Wildman–Crippen LogP) is 2.10. The van der Waals surface area contributed by atoms with Gasteiger partial charge < -0.3 is 19.6 Å². The molecule has 2 aromatic rings. The Kier molecular flexibility index (Phi) is 5.93. The number of aromatic nitrogens is 4. The van der Waals surface area contributed by atoms with E-state index in [2.05, 4.69) is 25.1 Å². The van der Waals surface area contributed by atoms with Crippen LogP contribution in [0.2, 0.25) is 0 Å². The minimum Gasteiger partial charge on any atom is -0.462 e. The first-order chi connectivity index (χ1) is 13.0. The van der Waals surface area contributed by atoms with E-state index in [1.807, 2.05) is 0 Å². The fourth-order valence-electron chi connectivity index (χ4n) is 3.59. The van der Waals surface area contributed by atoms with E-state index in [0.717, 1.165) is 37.5 Å². The number of carbonyl (C=O) groups excluding carboxylic acids is 2. The Bertz CT molecular complexity index is 837. The van der Waals surface area contributed by atoms with Gasteiger partial charge in [-0.15, -0.1) is 10.2 Å². The van der Waals surface area contributed by atoms with E-state index in [-0.39, 0.29) is 5.91 Å². The number of aromatic amines is 1.